The number of hydrogen-bond donors (Lipinski definition) is 4. The number of nitrogens with zero attached hydrogens (tertiary/aromatic N) is 1. The molecule has 1 aromatic carbocycles. The number of rotatable bonds is 10. The molecule has 0 bridgehead atoms. The summed E-state index contributed by atoms with van der Waals surface area (Å²) in [6.45, 7) is 12.6. The van der Waals surface area contributed by atoms with E-state index in [0.717, 1.165) is 29.7 Å². The Morgan fingerprint density at radius 3 is 2.22 bits per heavy atom. The standard InChI is InChI=1S/C26H39N5O5S/c1-17(32)29-22-30-20(16-37-22)12-11-18-9-8-10-19(15-18)13-14-28-26(24(2,3)4,35-21(27)33)36-23(34)31-25(5,6)7/h8-10,15-16,28H,11-14H2,1-7H3,(H2,27,33)(H,31,34)(H,29,30,32). The lowest BCUT2D eigenvalue weighted by molar-refractivity contribution is -0.243. The average Bonchev–Trinajstić information content (AvgIpc) is 3.16. The Bertz CT molecular complexity index is 1090. The molecule has 3 amide bonds. The summed E-state index contributed by atoms with van der Waals surface area (Å²) in [6, 6.07) is 8.14. The molecule has 1 atom stereocenters. The average molecular weight is 534 g/mol. The lowest BCUT2D eigenvalue weighted by Gasteiger charge is -2.42. The van der Waals surface area contributed by atoms with E-state index in [0.29, 0.717) is 18.1 Å². The van der Waals surface area contributed by atoms with E-state index in [1.165, 1.54) is 18.3 Å². The molecule has 0 aliphatic rings. The van der Waals surface area contributed by atoms with E-state index in [1.54, 1.807) is 20.8 Å². The highest BCUT2D eigenvalue weighted by atomic mass is 32.1. The minimum absolute atomic E-state index is 0.140. The van der Waals surface area contributed by atoms with Gasteiger partial charge in [-0.3, -0.25) is 4.79 Å². The Hall–Kier alpha value is -3.18. The van der Waals surface area contributed by atoms with Crippen LogP contribution >= 0.6 is 11.3 Å². The number of carbonyl (C=O) groups excluding carboxylic acids is 3. The number of amides is 3. The van der Waals surface area contributed by atoms with Crippen LogP contribution in [0.25, 0.3) is 0 Å². The molecule has 5 N–H and O–H groups in total. The molecular weight excluding hydrogens is 494 g/mol. The molecule has 1 heterocycles. The van der Waals surface area contributed by atoms with Gasteiger partial charge >= 0.3 is 18.1 Å². The lowest BCUT2D eigenvalue weighted by Crippen LogP contribution is -2.63. The second-order valence-electron chi connectivity index (χ2n) is 10.9. The maximum atomic E-state index is 12.6. The van der Waals surface area contributed by atoms with E-state index in [4.69, 9.17) is 15.2 Å². The van der Waals surface area contributed by atoms with Crippen LogP contribution in [0, 0.1) is 5.41 Å². The minimum atomic E-state index is -1.78. The van der Waals surface area contributed by atoms with E-state index >= 15 is 0 Å². The van der Waals surface area contributed by atoms with Gasteiger partial charge in [0.25, 0.3) is 0 Å². The van der Waals surface area contributed by atoms with Gasteiger partial charge in [-0.25, -0.2) is 19.9 Å². The molecule has 1 unspecified atom stereocenters. The maximum Gasteiger partial charge on any atom is 0.411 e. The fraction of sp³-hybridized carbons (Fsp3) is 0.538. The quantitative estimate of drug-likeness (QED) is 0.333. The van der Waals surface area contributed by atoms with Gasteiger partial charge in [0.15, 0.2) is 5.13 Å². The zero-order valence-electron chi connectivity index (χ0n) is 22.7. The number of nitrogens with two attached hydrogens (primary N) is 1. The van der Waals surface area contributed by atoms with Gasteiger partial charge in [0.1, 0.15) is 0 Å². The number of carbonyl (C=O) groups is 3. The minimum Gasteiger partial charge on any atom is -0.392 e. The van der Waals surface area contributed by atoms with Crippen molar-refractivity contribution in [2.45, 2.75) is 79.2 Å². The molecule has 0 saturated carbocycles. The predicted molar refractivity (Wildman–Crippen MR) is 144 cm³/mol. The molecule has 0 fully saturated rings. The van der Waals surface area contributed by atoms with Gasteiger partial charge in [0.05, 0.1) is 11.1 Å². The first-order valence-corrected chi connectivity index (χ1v) is 13.0. The molecule has 0 aliphatic carbocycles. The van der Waals surface area contributed by atoms with Gasteiger partial charge in [-0.1, -0.05) is 45.0 Å². The van der Waals surface area contributed by atoms with Crippen molar-refractivity contribution in [1.82, 2.24) is 15.6 Å². The molecule has 0 spiro atoms. The molecule has 204 valence electrons. The van der Waals surface area contributed by atoms with Crippen LogP contribution in [-0.4, -0.2) is 41.1 Å². The first kappa shape index (κ1) is 30.0. The summed E-state index contributed by atoms with van der Waals surface area (Å²) >= 11 is 1.41. The van der Waals surface area contributed by atoms with Gasteiger partial charge in [-0.2, -0.15) is 0 Å². The van der Waals surface area contributed by atoms with Crippen LogP contribution in [0.15, 0.2) is 29.6 Å². The summed E-state index contributed by atoms with van der Waals surface area (Å²) in [5.41, 5.74) is 7.10. The molecule has 1 aromatic heterocycles. The summed E-state index contributed by atoms with van der Waals surface area (Å²) in [4.78, 5) is 40.0. The summed E-state index contributed by atoms with van der Waals surface area (Å²) in [5, 5.41) is 11.1. The normalized spacial score (nSPS) is 13.4. The maximum absolute atomic E-state index is 12.6. The first-order valence-electron chi connectivity index (χ1n) is 12.1. The number of nitrogens with one attached hydrogen (secondary N) is 3. The number of thiazole rings is 1. The SMILES string of the molecule is CC(=O)Nc1nc(CCc2cccc(CCNC(OC(N)=O)(OC(=O)NC(C)(C)C)C(C)(C)C)c2)cs1. The molecule has 0 aliphatic heterocycles. The highest BCUT2D eigenvalue weighted by Crippen LogP contribution is 2.33. The fourth-order valence-corrected chi connectivity index (χ4v) is 4.27. The van der Waals surface area contributed by atoms with Crippen LogP contribution in [0.2, 0.25) is 0 Å². The topological polar surface area (TPSA) is 145 Å². The first-order chi connectivity index (χ1) is 17.1. The Balaban J connectivity index is 2.06. The number of primary amides is 1. The summed E-state index contributed by atoms with van der Waals surface area (Å²) in [5.74, 6) is -1.92. The third kappa shape index (κ3) is 10.0. The van der Waals surface area contributed by atoms with Gasteiger partial charge in [0, 0.05) is 24.4 Å². The van der Waals surface area contributed by atoms with Crippen LogP contribution in [0.5, 0.6) is 0 Å². The number of hydrogen-bond acceptors (Lipinski definition) is 8. The number of anilines is 1. The van der Waals surface area contributed by atoms with Crippen LogP contribution in [0.4, 0.5) is 14.7 Å². The second-order valence-corrected chi connectivity index (χ2v) is 11.7. The molecule has 0 radical (unpaired) electrons. The number of benzene rings is 1. The van der Waals surface area contributed by atoms with Gasteiger partial charge in [0.2, 0.25) is 5.91 Å². The molecule has 0 saturated heterocycles. The van der Waals surface area contributed by atoms with Gasteiger partial charge < -0.3 is 25.8 Å². The largest absolute Gasteiger partial charge is 0.411 e. The van der Waals surface area contributed by atoms with E-state index in [-0.39, 0.29) is 5.91 Å². The highest BCUT2D eigenvalue weighted by molar-refractivity contribution is 7.13. The van der Waals surface area contributed by atoms with E-state index in [9.17, 15) is 14.4 Å². The van der Waals surface area contributed by atoms with Gasteiger partial charge in [-0.05, 0) is 51.2 Å². The van der Waals surface area contributed by atoms with E-state index < -0.39 is 29.1 Å². The van der Waals surface area contributed by atoms with Crippen LogP contribution < -0.4 is 21.7 Å². The zero-order valence-corrected chi connectivity index (χ0v) is 23.5. The number of aryl methyl sites for hydroxylation is 2. The molecule has 2 rings (SSSR count). The molecular formula is C26H39N5O5S. The summed E-state index contributed by atoms with van der Waals surface area (Å²) < 4.78 is 11.0. The Kier molecular flexibility index (Phi) is 10.0. The molecule has 37 heavy (non-hydrogen) atoms. The van der Waals surface area contributed by atoms with Crippen molar-refractivity contribution in [1.29, 1.82) is 0 Å². The van der Waals surface area contributed by atoms with Gasteiger partial charge in [-0.15, -0.1) is 11.3 Å². The Morgan fingerprint density at radius 1 is 1.00 bits per heavy atom. The fourth-order valence-electron chi connectivity index (χ4n) is 3.48. The van der Waals surface area contributed by atoms with Crippen molar-refractivity contribution in [3.63, 3.8) is 0 Å². The van der Waals surface area contributed by atoms with Crippen molar-refractivity contribution in [3.05, 3.63) is 46.5 Å². The van der Waals surface area contributed by atoms with Crippen molar-refractivity contribution < 1.29 is 23.9 Å². The monoisotopic (exact) mass is 533 g/mol. The third-order valence-electron chi connectivity index (χ3n) is 5.21. The second kappa shape index (κ2) is 12.4. The van der Waals surface area contributed by atoms with E-state index in [2.05, 4.69) is 27.0 Å². The molecule has 10 nitrogen and oxygen atoms in total. The number of ether oxygens (including phenoxy) is 2. The molecule has 11 heteroatoms. The van der Waals surface area contributed by atoms with Crippen LogP contribution in [0.1, 0.15) is 65.3 Å². The van der Waals surface area contributed by atoms with Crippen molar-refractivity contribution in [2.24, 2.45) is 11.1 Å². The van der Waals surface area contributed by atoms with Crippen molar-refractivity contribution in [2.75, 3.05) is 11.9 Å². The predicted octanol–water partition coefficient (Wildman–Crippen LogP) is 4.34. The van der Waals surface area contributed by atoms with Crippen LogP contribution in [0.3, 0.4) is 0 Å². The number of aromatic nitrogens is 1. The summed E-state index contributed by atoms with van der Waals surface area (Å²) in [6.07, 6.45) is 0.325. The Labute approximate surface area is 222 Å². The lowest BCUT2D eigenvalue weighted by atomic mass is 9.90. The number of alkyl carbamates (subject to hydrolysis) is 1. The van der Waals surface area contributed by atoms with Crippen LogP contribution in [-0.2, 0) is 33.5 Å². The van der Waals surface area contributed by atoms with E-state index in [1.807, 2.05) is 44.4 Å². The van der Waals surface area contributed by atoms with Crippen molar-refractivity contribution >= 4 is 34.6 Å². The summed E-state index contributed by atoms with van der Waals surface area (Å²) in [7, 11) is 0. The molecule has 2 aromatic rings. The third-order valence-corrected chi connectivity index (χ3v) is 6.02. The highest BCUT2D eigenvalue weighted by Gasteiger charge is 2.50. The Morgan fingerprint density at radius 2 is 1.65 bits per heavy atom. The zero-order chi connectivity index (χ0) is 27.9. The van der Waals surface area contributed by atoms with Crippen molar-refractivity contribution in [3.8, 4) is 0 Å². The smallest absolute Gasteiger partial charge is 0.392 e.